The number of hydrogen-bond acceptors (Lipinski definition) is 3. The van der Waals surface area contributed by atoms with E-state index < -0.39 is 11.6 Å². The Balaban J connectivity index is 1.66. The van der Waals surface area contributed by atoms with Crippen LogP contribution in [0.1, 0.15) is 38.5 Å². The Morgan fingerprint density at radius 3 is 2.65 bits per heavy atom. The third-order valence-corrected chi connectivity index (χ3v) is 5.72. The maximum absolute atomic E-state index is 13.7. The number of methoxy groups -OCH3 is 1. The second kappa shape index (κ2) is 8.31. The van der Waals surface area contributed by atoms with Crippen molar-refractivity contribution in [1.29, 1.82) is 0 Å². The number of guanidine groups is 1. The molecule has 1 saturated carbocycles. The van der Waals surface area contributed by atoms with Crippen molar-refractivity contribution in [3.05, 3.63) is 29.8 Å². The van der Waals surface area contributed by atoms with Gasteiger partial charge in [-0.25, -0.2) is 8.78 Å². The van der Waals surface area contributed by atoms with E-state index in [1.54, 1.807) is 7.11 Å². The van der Waals surface area contributed by atoms with Gasteiger partial charge >= 0.3 is 0 Å². The van der Waals surface area contributed by atoms with Crippen LogP contribution in [0.25, 0.3) is 0 Å². The molecule has 3 rings (SSSR count). The van der Waals surface area contributed by atoms with Gasteiger partial charge in [-0.3, -0.25) is 9.89 Å². The molecular weight excluding hydrogens is 338 g/mol. The quantitative estimate of drug-likeness (QED) is 0.621. The van der Waals surface area contributed by atoms with E-state index in [0.717, 1.165) is 57.0 Å². The number of nitrogens with one attached hydrogen (secondary N) is 1. The Bertz CT molecular complexity index is 638. The van der Waals surface area contributed by atoms with Crippen LogP contribution in [0.2, 0.25) is 0 Å². The molecule has 2 fully saturated rings. The first-order valence-electron chi connectivity index (χ1n) is 9.32. The lowest BCUT2D eigenvalue weighted by Gasteiger charge is -2.44. The molecule has 1 heterocycles. The van der Waals surface area contributed by atoms with Gasteiger partial charge in [-0.1, -0.05) is 12.8 Å². The zero-order valence-electron chi connectivity index (χ0n) is 15.3. The lowest BCUT2D eigenvalue weighted by molar-refractivity contribution is -0.0000294. The molecule has 0 atom stereocenters. The SMILES string of the molecule is COC1CCN(C2(CN=C(N)Nc3cc(F)ccc3F)CCCC2)CC1. The van der Waals surface area contributed by atoms with Crippen molar-refractivity contribution in [2.24, 2.45) is 10.7 Å². The van der Waals surface area contributed by atoms with Crippen molar-refractivity contribution in [2.45, 2.75) is 50.2 Å². The number of benzene rings is 1. The van der Waals surface area contributed by atoms with E-state index in [-0.39, 0.29) is 17.2 Å². The summed E-state index contributed by atoms with van der Waals surface area (Å²) in [5.41, 5.74) is 5.97. The number of nitrogens with two attached hydrogens (primary N) is 1. The number of halogens is 2. The summed E-state index contributed by atoms with van der Waals surface area (Å²) in [6.45, 7) is 2.57. The van der Waals surface area contributed by atoms with Gasteiger partial charge in [0.15, 0.2) is 5.96 Å². The minimum atomic E-state index is -0.554. The monoisotopic (exact) mass is 366 g/mol. The Hall–Kier alpha value is -1.73. The third kappa shape index (κ3) is 4.32. The average molecular weight is 366 g/mol. The summed E-state index contributed by atoms with van der Waals surface area (Å²) in [4.78, 5) is 7.00. The second-order valence-corrected chi connectivity index (χ2v) is 7.30. The molecule has 0 aromatic heterocycles. The Morgan fingerprint density at radius 1 is 1.31 bits per heavy atom. The predicted octanol–water partition coefficient (Wildman–Crippen LogP) is 3.12. The summed E-state index contributed by atoms with van der Waals surface area (Å²) < 4.78 is 32.5. The fraction of sp³-hybridized carbons (Fsp3) is 0.632. The van der Waals surface area contributed by atoms with E-state index in [1.165, 1.54) is 12.8 Å². The van der Waals surface area contributed by atoms with Crippen molar-refractivity contribution < 1.29 is 13.5 Å². The first-order chi connectivity index (χ1) is 12.5. The zero-order valence-corrected chi connectivity index (χ0v) is 15.3. The number of aliphatic imine (C=N–C) groups is 1. The van der Waals surface area contributed by atoms with Gasteiger partial charge in [0.2, 0.25) is 0 Å². The van der Waals surface area contributed by atoms with Crippen LogP contribution in [0.5, 0.6) is 0 Å². The number of ether oxygens (including phenoxy) is 1. The van der Waals surface area contributed by atoms with E-state index in [4.69, 9.17) is 10.5 Å². The maximum Gasteiger partial charge on any atom is 0.193 e. The van der Waals surface area contributed by atoms with Gasteiger partial charge in [-0.15, -0.1) is 0 Å². The zero-order chi connectivity index (χ0) is 18.6. The molecule has 1 aromatic carbocycles. The summed E-state index contributed by atoms with van der Waals surface area (Å²) in [5.74, 6) is -0.954. The van der Waals surface area contributed by atoms with Gasteiger partial charge in [-0.05, 0) is 37.8 Å². The summed E-state index contributed by atoms with van der Waals surface area (Å²) in [5, 5.41) is 2.69. The highest BCUT2D eigenvalue weighted by atomic mass is 19.1. The molecule has 0 spiro atoms. The molecule has 0 bridgehead atoms. The summed E-state index contributed by atoms with van der Waals surface area (Å²) in [6, 6.07) is 3.23. The first-order valence-corrected chi connectivity index (χ1v) is 9.32. The summed E-state index contributed by atoms with van der Waals surface area (Å²) >= 11 is 0. The largest absolute Gasteiger partial charge is 0.381 e. The van der Waals surface area contributed by atoms with Crippen molar-refractivity contribution in [3.8, 4) is 0 Å². The van der Waals surface area contributed by atoms with Crippen LogP contribution in [-0.4, -0.2) is 49.2 Å². The van der Waals surface area contributed by atoms with Crippen LogP contribution in [0, 0.1) is 11.6 Å². The van der Waals surface area contributed by atoms with E-state index in [0.29, 0.717) is 12.6 Å². The Morgan fingerprint density at radius 2 is 2.00 bits per heavy atom. The van der Waals surface area contributed by atoms with Crippen LogP contribution in [0.15, 0.2) is 23.2 Å². The van der Waals surface area contributed by atoms with E-state index in [9.17, 15) is 8.78 Å². The third-order valence-electron chi connectivity index (χ3n) is 5.72. The molecule has 0 unspecified atom stereocenters. The molecule has 0 radical (unpaired) electrons. The highest BCUT2D eigenvalue weighted by Gasteiger charge is 2.40. The lowest BCUT2D eigenvalue weighted by Crippen LogP contribution is -2.53. The molecule has 26 heavy (non-hydrogen) atoms. The summed E-state index contributed by atoms with van der Waals surface area (Å²) in [6.07, 6.45) is 6.97. The molecular formula is C19H28F2N4O. The molecule has 1 aliphatic carbocycles. The van der Waals surface area contributed by atoms with E-state index in [2.05, 4.69) is 15.2 Å². The number of likely N-dealkylation sites (tertiary alicyclic amines) is 1. The van der Waals surface area contributed by atoms with Crippen molar-refractivity contribution in [1.82, 2.24) is 4.90 Å². The molecule has 5 nitrogen and oxygen atoms in total. The molecule has 144 valence electrons. The molecule has 1 aromatic rings. The van der Waals surface area contributed by atoms with Crippen LogP contribution >= 0.6 is 0 Å². The Labute approximate surface area is 153 Å². The van der Waals surface area contributed by atoms with Crippen LogP contribution in [0.4, 0.5) is 14.5 Å². The summed E-state index contributed by atoms with van der Waals surface area (Å²) in [7, 11) is 1.77. The van der Waals surface area contributed by atoms with Crippen molar-refractivity contribution >= 4 is 11.6 Å². The van der Waals surface area contributed by atoms with Gasteiger partial charge in [0.25, 0.3) is 0 Å². The maximum atomic E-state index is 13.7. The smallest absolute Gasteiger partial charge is 0.193 e. The van der Waals surface area contributed by atoms with Crippen LogP contribution < -0.4 is 11.1 Å². The molecule has 3 N–H and O–H groups in total. The molecule has 7 heteroatoms. The van der Waals surface area contributed by atoms with Gasteiger partial charge < -0.3 is 15.8 Å². The molecule has 2 aliphatic rings. The number of piperidine rings is 1. The number of rotatable bonds is 5. The van der Waals surface area contributed by atoms with Crippen LogP contribution in [-0.2, 0) is 4.74 Å². The van der Waals surface area contributed by atoms with Gasteiger partial charge in [0.05, 0.1) is 18.3 Å². The minimum absolute atomic E-state index is 0.00707. The Kier molecular flexibility index (Phi) is 6.09. The topological polar surface area (TPSA) is 62.9 Å². The standard InChI is InChI=1S/C19H28F2N4O/c1-26-15-6-10-25(11-7-15)19(8-2-3-9-19)13-23-18(22)24-17-12-14(20)4-5-16(17)21/h4-5,12,15H,2-3,6-11,13H2,1H3,(H3,22,23,24). The molecule has 0 amide bonds. The number of anilines is 1. The van der Waals surface area contributed by atoms with Gasteiger partial charge in [-0.2, -0.15) is 0 Å². The molecule has 1 aliphatic heterocycles. The predicted molar refractivity (Wildman–Crippen MR) is 99.3 cm³/mol. The normalized spacial score (nSPS) is 21.9. The van der Waals surface area contributed by atoms with E-state index in [1.807, 2.05) is 0 Å². The van der Waals surface area contributed by atoms with Crippen molar-refractivity contribution in [2.75, 3.05) is 32.1 Å². The van der Waals surface area contributed by atoms with E-state index >= 15 is 0 Å². The number of hydrogen-bond donors (Lipinski definition) is 2. The minimum Gasteiger partial charge on any atom is -0.381 e. The molecule has 1 saturated heterocycles. The van der Waals surface area contributed by atoms with Crippen molar-refractivity contribution in [3.63, 3.8) is 0 Å². The number of nitrogens with zero attached hydrogens (tertiary/aromatic N) is 2. The second-order valence-electron chi connectivity index (χ2n) is 7.30. The van der Waals surface area contributed by atoms with Gasteiger partial charge in [0.1, 0.15) is 11.6 Å². The first kappa shape index (κ1) is 19.0. The lowest BCUT2D eigenvalue weighted by atomic mass is 9.91. The fourth-order valence-corrected chi connectivity index (χ4v) is 4.18. The average Bonchev–Trinajstić information content (AvgIpc) is 3.13. The highest BCUT2D eigenvalue weighted by molar-refractivity contribution is 5.92. The highest BCUT2D eigenvalue weighted by Crippen LogP contribution is 2.37. The fourth-order valence-electron chi connectivity index (χ4n) is 4.18. The van der Waals surface area contributed by atoms with Crippen LogP contribution in [0.3, 0.4) is 0 Å². The van der Waals surface area contributed by atoms with Gasteiger partial charge in [0, 0.05) is 31.8 Å².